The molecular weight excluding hydrogens is 336 g/mol. The number of hydrogen-bond acceptors (Lipinski definition) is 3. The average Bonchev–Trinajstić information content (AvgIpc) is 3.44. The molecule has 1 unspecified atom stereocenters. The number of aliphatic imine (C=N–C) groups is 1. The lowest BCUT2D eigenvalue weighted by molar-refractivity contribution is 0.156. The van der Waals surface area contributed by atoms with Crippen molar-refractivity contribution in [1.29, 1.82) is 0 Å². The molecule has 0 amide bonds. The molecule has 3 aliphatic rings. The van der Waals surface area contributed by atoms with Crippen LogP contribution in [0, 0.1) is 5.41 Å². The molecule has 0 bridgehead atoms. The van der Waals surface area contributed by atoms with Gasteiger partial charge in [0.2, 0.25) is 0 Å². The minimum atomic E-state index is 0.368. The average molecular weight is 371 g/mol. The number of hydrogen-bond donors (Lipinski definition) is 1. The molecule has 5 nitrogen and oxygen atoms in total. The highest BCUT2D eigenvalue weighted by atomic mass is 16.5. The Hall–Kier alpha value is -1.59. The summed E-state index contributed by atoms with van der Waals surface area (Å²) in [5.41, 5.74) is 3.07. The van der Waals surface area contributed by atoms with E-state index in [2.05, 4.69) is 46.3 Å². The number of benzene rings is 1. The number of ether oxygens (including phenoxy) is 1. The minimum Gasteiger partial charge on any atom is -0.381 e. The highest BCUT2D eigenvalue weighted by Gasteiger charge is 2.42. The number of rotatable bonds is 5. The Kier molecular flexibility index (Phi) is 5.98. The highest BCUT2D eigenvalue weighted by Crippen LogP contribution is 2.38. The van der Waals surface area contributed by atoms with Crippen molar-refractivity contribution < 1.29 is 4.74 Å². The van der Waals surface area contributed by atoms with Gasteiger partial charge in [0, 0.05) is 38.2 Å². The number of nitrogens with zero attached hydrogens (tertiary/aromatic N) is 3. The topological polar surface area (TPSA) is 40.1 Å². The van der Waals surface area contributed by atoms with Gasteiger partial charge in [-0.3, -0.25) is 4.90 Å². The van der Waals surface area contributed by atoms with Crippen LogP contribution in [0.3, 0.4) is 0 Å². The van der Waals surface area contributed by atoms with E-state index in [9.17, 15) is 0 Å². The second-order valence-electron chi connectivity index (χ2n) is 8.44. The minimum absolute atomic E-state index is 0.368. The summed E-state index contributed by atoms with van der Waals surface area (Å²) in [4.78, 5) is 9.91. The van der Waals surface area contributed by atoms with Crippen LogP contribution in [0.25, 0.3) is 0 Å². The quantitative estimate of drug-likeness (QED) is 0.639. The van der Waals surface area contributed by atoms with Crippen molar-refractivity contribution in [1.82, 2.24) is 15.1 Å². The maximum atomic E-state index is 5.67. The molecule has 1 N–H and O–H groups in total. The Balaban J connectivity index is 1.35. The number of guanidine groups is 1. The first-order valence-electron chi connectivity index (χ1n) is 10.7. The predicted molar refractivity (Wildman–Crippen MR) is 110 cm³/mol. The molecule has 0 aliphatic carbocycles. The van der Waals surface area contributed by atoms with E-state index in [0.29, 0.717) is 5.41 Å². The molecule has 3 saturated heterocycles. The van der Waals surface area contributed by atoms with Crippen molar-refractivity contribution in [3.05, 3.63) is 35.4 Å². The summed E-state index contributed by atoms with van der Waals surface area (Å²) < 4.78 is 5.67. The van der Waals surface area contributed by atoms with Crippen molar-refractivity contribution >= 4 is 5.96 Å². The zero-order chi connectivity index (χ0) is 18.5. The fourth-order valence-electron chi connectivity index (χ4n) is 4.63. The standard InChI is InChI=1S/C22H34N4O/c1-2-23-21(26-13-9-22(17-26)10-14-27-18-22)24-15-19-5-7-20(8-6-19)16-25-11-3-4-12-25/h5-8H,2-4,9-18H2,1H3,(H,23,24). The van der Waals surface area contributed by atoms with Crippen molar-refractivity contribution in [2.45, 2.75) is 45.7 Å². The lowest BCUT2D eigenvalue weighted by Crippen LogP contribution is -2.41. The third kappa shape index (κ3) is 4.64. The summed E-state index contributed by atoms with van der Waals surface area (Å²) >= 11 is 0. The van der Waals surface area contributed by atoms with Crippen LogP contribution in [0.1, 0.15) is 43.7 Å². The van der Waals surface area contributed by atoms with Gasteiger partial charge >= 0.3 is 0 Å². The molecule has 1 aromatic carbocycles. The summed E-state index contributed by atoms with van der Waals surface area (Å²) in [6.07, 6.45) is 5.12. The van der Waals surface area contributed by atoms with E-state index < -0.39 is 0 Å². The van der Waals surface area contributed by atoms with Crippen molar-refractivity contribution in [3.8, 4) is 0 Å². The molecule has 0 radical (unpaired) electrons. The van der Waals surface area contributed by atoms with Gasteiger partial charge in [-0.05, 0) is 56.8 Å². The molecule has 3 fully saturated rings. The third-order valence-corrected chi connectivity index (χ3v) is 6.30. The Morgan fingerprint density at radius 3 is 2.59 bits per heavy atom. The second kappa shape index (κ2) is 8.61. The van der Waals surface area contributed by atoms with Crippen molar-refractivity contribution in [2.24, 2.45) is 10.4 Å². The summed E-state index contributed by atoms with van der Waals surface area (Å²) in [6.45, 7) is 11.4. The van der Waals surface area contributed by atoms with Gasteiger partial charge in [0.05, 0.1) is 13.2 Å². The molecule has 1 aromatic rings. The van der Waals surface area contributed by atoms with E-state index in [1.807, 2.05) is 0 Å². The van der Waals surface area contributed by atoms with Crippen LogP contribution in [-0.2, 0) is 17.8 Å². The molecule has 4 rings (SSSR count). The van der Waals surface area contributed by atoms with E-state index in [1.165, 1.54) is 49.9 Å². The molecule has 1 spiro atoms. The monoisotopic (exact) mass is 370 g/mol. The Morgan fingerprint density at radius 2 is 1.89 bits per heavy atom. The van der Waals surface area contributed by atoms with Gasteiger partial charge in [-0.15, -0.1) is 0 Å². The Bertz CT molecular complexity index is 630. The van der Waals surface area contributed by atoms with Gasteiger partial charge in [-0.25, -0.2) is 4.99 Å². The van der Waals surface area contributed by atoms with Crippen LogP contribution < -0.4 is 5.32 Å². The number of nitrogens with one attached hydrogen (secondary N) is 1. The SMILES string of the molecule is CCNC(=NCc1ccc(CN2CCCC2)cc1)N1CCC2(CCOC2)C1. The first-order valence-corrected chi connectivity index (χ1v) is 10.7. The fraction of sp³-hybridized carbons (Fsp3) is 0.682. The molecule has 0 aromatic heterocycles. The first-order chi connectivity index (χ1) is 13.3. The van der Waals surface area contributed by atoms with Crippen LogP contribution in [-0.4, -0.2) is 61.7 Å². The van der Waals surface area contributed by atoms with Gasteiger partial charge in [0.25, 0.3) is 0 Å². The van der Waals surface area contributed by atoms with Gasteiger partial charge in [0.15, 0.2) is 5.96 Å². The maximum Gasteiger partial charge on any atom is 0.194 e. The Labute approximate surface area is 163 Å². The lowest BCUT2D eigenvalue weighted by Gasteiger charge is -2.25. The Morgan fingerprint density at radius 1 is 1.11 bits per heavy atom. The summed E-state index contributed by atoms with van der Waals surface area (Å²) in [7, 11) is 0. The van der Waals surface area contributed by atoms with Gasteiger partial charge in [-0.2, -0.15) is 0 Å². The van der Waals surface area contributed by atoms with Crippen LogP contribution in [0.4, 0.5) is 0 Å². The van der Waals surface area contributed by atoms with Gasteiger partial charge in [0.1, 0.15) is 0 Å². The van der Waals surface area contributed by atoms with E-state index >= 15 is 0 Å². The molecule has 1 atom stereocenters. The zero-order valence-electron chi connectivity index (χ0n) is 16.8. The summed E-state index contributed by atoms with van der Waals surface area (Å²) in [5, 5.41) is 3.49. The third-order valence-electron chi connectivity index (χ3n) is 6.30. The lowest BCUT2D eigenvalue weighted by atomic mass is 9.87. The molecule has 148 valence electrons. The summed E-state index contributed by atoms with van der Waals surface area (Å²) in [6, 6.07) is 9.04. The smallest absolute Gasteiger partial charge is 0.194 e. The van der Waals surface area contributed by atoms with Crippen molar-refractivity contribution in [3.63, 3.8) is 0 Å². The largest absolute Gasteiger partial charge is 0.381 e. The first kappa shape index (κ1) is 18.8. The van der Waals surface area contributed by atoms with E-state index in [0.717, 1.165) is 51.9 Å². The summed E-state index contributed by atoms with van der Waals surface area (Å²) in [5.74, 6) is 1.06. The maximum absolute atomic E-state index is 5.67. The van der Waals surface area contributed by atoms with Crippen LogP contribution in [0.5, 0.6) is 0 Å². The van der Waals surface area contributed by atoms with E-state index in [-0.39, 0.29) is 0 Å². The van der Waals surface area contributed by atoms with E-state index in [4.69, 9.17) is 9.73 Å². The molecular formula is C22H34N4O. The van der Waals surface area contributed by atoms with Crippen LogP contribution in [0.15, 0.2) is 29.3 Å². The predicted octanol–water partition coefficient (Wildman–Crippen LogP) is 2.86. The number of likely N-dealkylation sites (tertiary alicyclic amines) is 2. The van der Waals surface area contributed by atoms with E-state index in [1.54, 1.807) is 0 Å². The van der Waals surface area contributed by atoms with Gasteiger partial charge < -0.3 is 15.0 Å². The molecule has 5 heteroatoms. The highest BCUT2D eigenvalue weighted by molar-refractivity contribution is 5.80. The molecule has 3 heterocycles. The normalized spacial score (nSPS) is 26.4. The van der Waals surface area contributed by atoms with Crippen LogP contribution >= 0.6 is 0 Å². The molecule has 0 saturated carbocycles. The fourth-order valence-corrected chi connectivity index (χ4v) is 4.63. The molecule has 27 heavy (non-hydrogen) atoms. The van der Waals surface area contributed by atoms with Crippen LogP contribution in [0.2, 0.25) is 0 Å². The second-order valence-corrected chi connectivity index (χ2v) is 8.44. The zero-order valence-corrected chi connectivity index (χ0v) is 16.8. The molecule has 3 aliphatic heterocycles. The van der Waals surface area contributed by atoms with Gasteiger partial charge in [-0.1, -0.05) is 24.3 Å². The van der Waals surface area contributed by atoms with Crippen molar-refractivity contribution in [2.75, 3.05) is 45.9 Å².